The summed E-state index contributed by atoms with van der Waals surface area (Å²) in [4.78, 5) is 16.1. The Hall–Kier alpha value is -2.27. The van der Waals surface area contributed by atoms with Crippen molar-refractivity contribution >= 4 is 28.9 Å². The van der Waals surface area contributed by atoms with Gasteiger partial charge in [0.15, 0.2) is 0 Å². The molecule has 1 aromatic carbocycles. The molecule has 3 N–H and O–H groups in total. The zero-order valence-corrected chi connectivity index (χ0v) is 10.9. The third kappa shape index (κ3) is 2.95. The lowest BCUT2D eigenvalue weighted by molar-refractivity contribution is 0.102. The van der Waals surface area contributed by atoms with Crippen LogP contribution in [0.4, 0.5) is 11.4 Å². The van der Waals surface area contributed by atoms with Gasteiger partial charge in [-0.1, -0.05) is 11.6 Å². The fraction of sp³-hybridized carbons (Fsp3) is 0.0769. The third-order valence-electron chi connectivity index (χ3n) is 2.47. The Bertz CT molecular complexity index is 617. The summed E-state index contributed by atoms with van der Waals surface area (Å²) in [6.45, 7) is 0. The quantitative estimate of drug-likeness (QED) is 0.846. The van der Waals surface area contributed by atoms with E-state index in [-0.39, 0.29) is 5.91 Å². The first kappa shape index (κ1) is 13.2. The molecule has 19 heavy (non-hydrogen) atoms. The predicted octanol–water partition coefficient (Wildman–Crippen LogP) is 2.58. The molecule has 0 fully saturated rings. The summed E-state index contributed by atoms with van der Waals surface area (Å²) in [6.07, 6.45) is 1.57. The second kappa shape index (κ2) is 5.58. The first-order valence-corrected chi connectivity index (χ1v) is 5.85. The molecule has 1 aromatic heterocycles. The Balaban J connectivity index is 2.26. The van der Waals surface area contributed by atoms with E-state index in [9.17, 15) is 4.79 Å². The molecule has 98 valence electrons. The maximum absolute atomic E-state index is 12.1. The van der Waals surface area contributed by atoms with Gasteiger partial charge < -0.3 is 15.8 Å². The van der Waals surface area contributed by atoms with Crippen LogP contribution in [-0.4, -0.2) is 18.0 Å². The summed E-state index contributed by atoms with van der Waals surface area (Å²) in [5, 5.41) is 3.17. The van der Waals surface area contributed by atoms with Gasteiger partial charge in [0.2, 0.25) is 5.88 Å². The van der Waals surface area contributed by atoms with Gasteiger partial charge in [0.1, 0.15) is 5.69 Å². The maximum atomic E-state index is 12.1. The van der Waals surface area contributed by atoms with E-state index in [0.717, 1.165) is 0 Å². The van der Waals surface area contributed by atoms with Crippen molar-refractivity contribution in [3.05, 3.63) is 47.1 Å². The Morgan fingerprint density at radius 2 is 2.21 bits per heavy atom. The fourth-order valence-corrected chi connectivity index (χ4v) is 1.76. The lowest BCUT2D eigenvalue weighted by atomic mass is 10.1. The van der Waals surface area contributed by atoms with Gasteiger partial charge in [0, 0.05) is 16.9 Å². The van der Waals surface area contributed by atoms with Crippen molar-refractivity contribution in [3.8, 4) is 5.88 Å². The number of halogens is 1. The summed E-state index contributed by atoms with van der Waals surface area (Å²) >= 11 is 5.79. The summed E-state index contributed by atoms with van der Waals surface area (Å²) in [6, 6.07) is 8.08. The number of amides is 1. The second-order valence-electron chi connectivity index (χ2n) is 3.75. The molecule has 0 atom stereocenters. The van der Waals surface area contributed by atoms with Crippen LogP contribution in [0.3, 0.4) is 0 Å². The number of benzene rings is 1. The van der Waals surface area contributed by atoms with E-state index in [1.54, 1.807) is 30.5 Å². The lowest BCUT2D eigenvalue weighted by Gasteiger charge is -2.10. The van der Waals surface area contributed by atoms with E-state index in [2.05, 4.69) is 10.3 Å². The van der Waals surface area contributed by atoms with Gasteiger partial charge in [-0.3, -0.25) is 4.79 Å². The number of hydrogen-bond acceptors (Lipinski definition) is 4. The standard InChI is InChI=1S/C13H12ClN3O2/c1-19-13-11(3-2-6-16-13)17-12(18)9-5-4-8(14)7-10(9)15/h2-7H,15H2,1H3,(H,17,18). The molecule has 2 rings (SSSR count). The Kier molecular flexibility index (Phi) is 3.87. The highest BCUT2D eigenvalue weighted by Gasteiger charge is 2.12. The summed E-state index contributed by atoms with van der Waals surface area (Å²) in [5.74, 6) is -0.0103. The molecule has 0 saturated carbocycles. The van der Waals surface area contributed by atoms with Crippen molar-refractivity contribution in [1.82, 2.24) is 4.98 Å². The number of nitrogens with one attached hydrogen (secondary N) is 1. The topological polar surface area (TPSA) is 77.2 Å². The number of pyridine rings is 1. The largest absolute Gasteiger partial charge is 0.480 e. The van der Waals surface area contributed by atoms with Crippen LogP contribution in [0.1, 0.15) is 10.4 Å². The second-order valence-corrected chi connectivity index (χ2v) is 4.18. The molecule has 6 heteroatoms. The molecule has 2 aromatic rings. The average molecular weight is 278 g/mol. The number of ether oxygens (including phenoxy) is 1. The van der Waals surface area contributed by atoms with Gasteiger partial charge in [-0.15, -0.1) is 0 Å². The number of hydrogen-bond donors (Lipinski definition) is 2. The molecule has 0 bridgehead atoms. The molecule has 0 radical (unpaired) electrons. The normalized spacial score (nSPS) is 10.0. The van der Waals surface area contributed by atoms with E-state index < -0.39 is 0 Å². The van der Waals surface area contributed by atoms with E-state index in [4.69, 9.17) is 22.1 Å². The van der Waals surface area contributed by atoms with Gasteiger partial charge in [-0.25, -0.2) is 4.98 Å². The van der Waals surface area contributed by atoms with Gasteiger partial charge >= 0.3 is 0 Å². The Morgan fingerprint density at radius 1 is 1.42 bits per heavy atom. The number of anilines is 2. The van der Waals surface area contributed by atoms with Crippen LogP contribution in [0.25, 0.3) is 0 Å². The number of nitrogen functional groups attached to an aromatic ring is 1. The molecular formula is C13H12ClN3O2. The van der Waals surface area contributed by atoms with Crippen molar-refractivity contribution in [2.75, 3.05) is 18.2 Å². The molecule has 0 aliphatic heterocycles. The molecule has 1 heterocycles. The van der Waals surface area contributed by atoms with Crippen molar-refractivity contribution in [1.29, 1.82) is 0 Å². The molecular weight excluding hydrogens is 266 g/mol. The molecule has 0 aliphatic rings. The minimum absolute atomic E-state index is 0.313. The first-order chi connectivity index (χ1) is 9.11. The highest BCUT2D eigenvalue weighted by molar-refractivity contribution is 6.31. The van der Waals surface area contributed by atoms with Crippen molar-refractivity contribution < 1.29 is 9.53 Å². The van der Waals surface area contributed by atoms with Crippen LogP contribution in [0.5, 0.6) is 5.88 Å². The zero-order valence-electron chi connectivity index (χ0n) is 10.2. The fourth-order valence-electron chi connectivity index (χ4n) is 1.58. The van der Waals surface area contributed by atoms with Crippen LogP contribution >= 0.6 is 11.6 Å². The summed E-state index contributed by atoms with van der Waals surface area (Å²) < 4.78 is 5.05. The molecule has 0 saturated heterocycles. The van der Waals surface area contributed by atoms with Crippen LogP contribution in [0.2, 0.25) is 5.02 Å². The van der Waals surface area contributed by atoms with E-state index >= 15 is 0 Å². The smallest absolute Gasteiger partial charge is 0.257 e. The summed E-state index contributed by atoms with van der Waals surface area (Å²) in [5.41, 5.74) is 6.89. The third-order valence-corrected chi connectivity index (χ3v) is 2.71. The molecule has 0 unspecified atom stereocenters. The van der Waals surface area contributed by atoms with Gasteiger partial charge in [-0.05, 0) is 30.3 Å². The molecule has 0 spiro atoms. The van der Waals surface area contributed by atoms with E-state index in [1.165, 1.54) is 13.2 Å². The van der Waals surface area contributed by atoms with Gasteiger partial charge in [0.25, 0.3) is 5.91 Å². The number of nitrogens with zero attached hydrogens (tertiary/aromatic N) is 1. The van der Waals surface area contributed by atoms with E-state index in [1.807, 2.05) is 0 Å². The van der Waals surface area contributed by atoms with Crippen molar-refractivity contribution in [3.63, 3.8) is 0 Å². The number of nitrogens with two attached hydrogens (primary N) is 1. The van der Waals surface area contributed by atoms with Crippen LogP contribution in [0, 0.1) is 0 Å². The number of rotatable bonds is 3. The maximum Gasteiger partial charge on any atom is 0.257 e. The average Bonchev–Trinajstić information content (AvgIpc) is 2.39. The minimum atomic E-state index is -0.347. The molecule has 5 nitrogen and oxygen atoms in total. The SMILES string of the molecule is COc1ncccc1NC(=O)c1ccc(Cl)cc1N. The highest BCUT2D eigenvalue weighted by Crippen LogP contribution is 2.23. The van der Waals surface area contributed by atoms with Crippen LogP contribution in [-0.2, 0) is 0 Å². The van der Waals surface area contributed by atoms with Crippen molar-refractivity contribution in [2.24, 2.45) is 0 Å². The zero-order chi connectivity index (χ0) is 13.8. The highest BCUT2D eigenvalue weighted by atomic mass is 35.5. The van der Waals surface area contributed by atoms with Crippen LogP contribution < -0.4 is 15.8 Å². The molecule has 0 aliphatic carbocycles. The van der Waals surface area contributed by atoms with Gasteiger partial charge in [0.05, 0.1) is 12.7 Å². The number of aromatic nitrogens is 1. The monoisotopic (exact) mass is 277 g/mol. The summed E-state index contributed by atoms with van der Waals surface area (Å²) in [7, 11) is 1.48. The Labute approximate surface area is 115 Å². The van der Waals surface area contributed by atoms with Crippen LogP contribution in [0.15, 0.2) is 36.5 Å². The Morgan fingerprint density at radius 3 is 2.89 bits per heavy atom. The predicted molar refractivity (Wildman–Crippen MR) is 74.6 cm³/mol. The lowest BCUT2D eigenvalue weighted by Crippen LogP contribution is -2.14. The number of methoxy groups -OCH3 is 1. The first-order valence-electron chi connectivity index (χ1n) is 5.47. The van der Waals surface area contributed by atoms with Gasteiger partial charge in [-0.2, -0.15) is 0 Å². The number of carbonyl (C=O) groups is 1. The minimum Gasteiger partial charge on any atom is -0.480 e. The number of carbonyl (C=O) groups excluding carboxylic acids is 1. The van der Waals surface area contributed by atoms with Crippen molar-refractivity contribution in [2.45, 2.75) is 0 Å². The van der Waals surface area contributed by atoms with E-state index in [0.29, 0.717) is 27.8 Å². The molecule has 1 amide bonds.